The maximum atomic E-state index is 8.93. The van der Waals surface area contributed by atoms with Gasteiger partial charge in [0.1, 0.15) is 12.4 Å². The number of hydrogen-bond donors (Lipinski definition) is 2. The quantitative estimate of drug-likeness (QED) is 0.679. The first-order valence-corrected chi connectivity index (χ1v) is 4.40. The van der Waals surface area contributed by atoms with Gasteiger partial charge in [0.2, 0.25) is 0 Å². The molecular weight excluding hydrogens is 166 g/mol. The minimum Gasteiger partial charge on any atom is -0.489 e. The highest BCUT2D eigenvalue weighted by Crippen LogP contribution is 2.29. The molecule has 2 N–H and O–H groups in total. The van der Waals surface area contributed by atoms with Gasteiger partial charge in [-0.05, 0) is 24.6 Å². The van der Waals surface area contributed by atoms with E-state index in [1.807, 2.05) is 25.1 Å². The zero-order valence-electron chi connectivity index (χ0n) is 7.58. The van der Waals surface area contributed by atoms with Crippen LogP contribution in [0.15, 0.2) is 18.2 Å². The van der Waals surface area contributed by atoms with Crippen LogP contribution in [0.1, 0.15) is 5.56 Å². The minimum absolute atomic E-state index is 0.0233. The van der Waals surface area contributed by atoms with Crippen LogP contribution in [0, 0.1) is 6.92 Å². The molecule has 1 aliphatic heterocycles. The summed E-state index contributed by atoms with van der Waals surface area (Å²) in [6, 6.07) is 6.02. The van der Waals surface area contributed by atoms with Gasteiger partial charge >= 0.3 is 0 Å². The molecule has 0 aliphatic carbocycles. The highest BCUT2D eigenvalue weighted by Gasteiger charge is 2.17. The van der Waals surface area contributed by atoms with Crippen molar-refractivity contribution in [1.82, 2.24) is 0 Å². The zero-order chi connectivity index (χ0) is 9.26. The molecule has 0 radical (unpaired) electrons. The number of nitrogens with one attached hydrogen (secondary N) is 1. The van der Waals surface area contributed by atoms with Gasteiger partial charge in [0.05, 0.1) is 18.3 Å². The Labute approximate surface area is 77.3 Å². The van der Waals surface area contributed by atoms with E-state index in [1.165, 1.54) is 5.56 Å². The van der Waals surface area contributed by atoms with Gasteiger partial charge in [0, 0.05) is 0 Å². The molecule has 3 heteroatoms. The Hall–Kier alpha value is -1.22. The van der Waals surface area contributed by atoms with Crippen LogP contribution in [-0.4, -0.2) is 24.4 Å². The lowest BCUT2D eigenvalue weighted by Crippen LogP contribution is -2.34. The second-order valence-electron chi connectivity index (χ2n) is 3.33. The summed E-state index contributed by atoms with van der Waals surface area (Å²) in [7, 11) is 0. The summed E-state index contributed by atoms with van der Waals surface area (Å²) in [6.45, 7) is 2.67. The number of hydrogen-bond acceptors (Lipinski definition) is 3. The van der Waals surface area contributed by atoms with Crippen molar-refractivity contribution in [2.24, 2.45) is 0 Å². The third-order valence-electron chi connectivity index (χ3n) is 2.16. The van der Waals surface area contributed by atoms with Gasteiger partial charge < -0.3 is 15.2 Å². The van der Waals surface area contributed by atoms with Crippen molar-refractivity contribution in [3.63, 3.8) is 0 Å². The van der Waals surface area contributed by atoms with Crippen LogP contribution >= 0.6 is 0 Å². The Balaban J connectivity index is 2.26. The first kappa shape index (κ1) is 8.38. The fourth-order valence-corrected chi connectivity index (χ4v) is 1.42. The molecule has 1 aromatic rings. The molecule has 0 unspecified atom stereocenters. The molecule has 2 rings (SSSR count). The van der Waals surface area contributed by atoms with E-state index in [2.05, 4.69) is 5.32 Å². The van der Waals surface area contributed by atoms with Crippen LogP contribution in [0.3, 0.4) is 0 Å². The molecule has 0 spiro atoms. The Bertz CT molecular complexity index is 312. The van der Waals surface area contributed by atoms with Crippen molar-refractivity contribution in [2.45, 2.75) is 13.0 Å². The molecule has 0 saturated carbocycles. The van der Waals surface area contributed by atoms with Crippen molar-refractivity contribution in [3.8, 4) is 5.75 Å². The molecule has 0 bridgehead atoms. The summed E-state index contributed by atoms with van der Waals surface area (Å²) in [5.41, 5.74) is 2.15. The average Bonchev–Trinajstić information content (AvgIpc) is 2.17. The molecule has 0 fully saturated rings. The average molecular weight is 179 g/mol. The largest absolute Gasteiger partial charge is 0.489 e. The van der Waals surface area contributed by atoms with Crippen molar-refractivity contribution < 1.29 is 9.84 Å². The van der Waals surface area contributed by atoms with Crippen LogP contribution in [0.5, 0.6) is 5.75 Å². The molecule has 1 atom stereocenters. The van der Waals surface area contributed by atoms with E-state index in [0.717, 1.165) is 11.4 Å². The molecular formula is C10H13NO2. The normalized spacial score (nSPS) is 20.0. The molecule has 0 amide bonds. The maximum absolute atomic E-state index is 8.93. The minimum atomic E-state index is 0.0233. The van der Waals surface area contributed by atoms with E-state index in [-0.39, 0.29) is 12.6 Å². The first-order valence-electron chi connectivity index (χ1n) is 4.40. The summed E-state index contributed by atoms with van der Waals surface area (Å²) in [4.78, 5) is 0. The third-order valence-corrected chi connectivity index (χ3v) is 2.16. The van der Waals surface area contributed by atoms with E-state index in [0.29, 0.717) is 6.61 Å². The predicted octanol–water partition coefficient (Wildman–Crippen LogP) is 1.16. The van der Waals surface area contributed by atoms with Crippen LogP contribution in [0.2, 0.25) is 0 Å². The van der Waals surface area contributed by atoms with Gasteiger partial charge in [0.15, 0.2) is 0 Å². The van der Waals surface area contributed by atoms with E-state index in [4.69, 9.17) is 9.84 Å². The lowest BCUT2D eigenvalue weighted by Gasteiger charge is -2.26. The zero-order valence-corrected chi connectivity index (χ0v) is 7.58. The molecule has 0 saturated heterocycles. The van der Waals surface area contributed by atoms with Gasteiger partial charge in [-0.25, -0.2) is 0 Å². The van der Waals surface area contributed by atoms with Gasteiger partial charge in [-0.2, -0.15) is 0 Å². The maximum Gasteiger partial charge on any atom is 0.142 e. The van der Waals surface area contributed by atoms with Crippen LogP contribution in [-0.2, 0) is 0 Å². The lowest BCUT2D eigenvalue weighted by atomic mass is 10.1. The molecule has 1 heterocycles. The van der Waals surface area contributed by atoms with E-state index >= 15 is 0 Å². The fraction of sp³-hybridized carbons (Fsp3) is 0.400. The Kier molecular flexibility index (Phi) is 2.10. The van der Waals surface area contributed by atoms with E-state index in [9.17, 15) is 0 Å². The summed E-state index contributed by atoms with van der Waals surface area (Å²) < 4.78 is 5.49. The topological polar surface area (TPSA) is 41.5 Å². The van der Waals surface area contributed by atoms with Gasteiger partial charge in [-0.1, -0.05) is 6.07 Å². The summed E-state index contributed by atoms with van der Waals surface area (Å²) >= 11 is 0. The van der Waals surface area contributed by atoms with Crippen LogP contribution in [0.4, 0.5) is 5.69 Å². The Morgan fingerprint density at radius 1 is 1.62 bits per heavy atom. The van der Waals surface area contributed by atoms with Crippen molar-refractivity contribution in [2.75, 3.05) is 18.5 Å². The number of aliphatic hydroxyl groups is 1. The smallest absolute Gasteiger partial charge is 0.142 e. The number of fused-ring (bicyclic) bond motifs is 1. The van der Waals surface area contributed by atoms with Crippen LogP contribution in [0.25, 0.3) is 0 Å². The fourth-order valence-electron chi connectivity index (χ4n) is 1.42. The SMILES string of the molecule is Cc1ccc2c(c1)OC[C@H](CO)N2. The number of rotatable bonds is 1. The van der Waals surface area contributed by atoms with Crippen molar-refractivity contribution in [3.05, 3.63) is 23.8 Å². The van der Waals surface area contributed by atoms with Crippen LogP contribution < -0.4 is 10.1 Å². The van der Waals surface area contributed by atoms with Crippen molar-refractivity contribution in [1.29, 1.82) is 0 Å². The highest BCUT2D eigenvalue weighted by atomic mass is 16.5. The number of ether oxygens (including phenoxy) is 1. The second-order valence-corrected chi connectivity index (χ2v) is 3.33. The molecule has 3 nitrogen and oxygen atoms in total. The first-order chi connectivity index (χ1) is 6.29. The monoisotopic (exact) mass is 179 g/mol. The van der Waals surface area contributed by atoms with E-state index in [1.54, 1.807) is 0 Å². The van der Waals surface area contributed by atoms with Gasteiger partial charge in [0.25, 0.3) is 0 Å². The Morgan fingerprint density at radius 2 is 2.46 bits per heavy atom. The molecule has 70 valence electrons. The van der Waals surface area contributed by atoms with Gasteiger partial charge in [-0.15, -0.1) is 0 Å². The number of aliphatic hydroxyl groups excluding tert-OH is 1. The number of benzene rings is 1. The summed E-state index contributed by atoms with van der Waals surface area (Å²) in [6.07, 6.45) is 0. The molecule has 1 aliphatic rings. The van der Waals surface area contributed by atoms with Gasteiger partial charge in [-0.3, -0.25) is 0 Å². The van der Waals surface area contributed by atoms with E-state index < -0.39 is 0 Å². The molecule has 1 aromatic carbocycles. The lowest BCUT2D eigenvalue weighted by molar-refractivity contribution is 0.207. The highest BCUT2D eigenvalue weighted by molar-refractivity contribution is 5.59. The molecule has 0 aromatic heterocycles. The van der Waals surface area contributed by atoms with Crippen molar-refractivity contribution >= 4 is 5.69 Å². The third kappa shape index (κ3) is 1.60. The Morgan fingerprint density at radius 3 is 3.23 bits per heavy atom. The number of anilines is 1. The summed E-state index contributed by atoms with van der Waals surface area (Å²) in [5, 5.41) is 12.1. The molecule has 13 heavy (non-hydrogen) atoms. The number of aryl methyl sites for hydroxylation is 1. The predicted molar refractivity (Wildman–Crippen MR) is 51.2 cm³/mol. The summed E-state index contributed by atoms with van der Waals surface area (Å²) in [5.74, 6) is 0.879. The standard InChI is InChI=1S/C10H13NO2/c1-7-2-3-9-10(4-7)13-6-8(5-12)11-9/h2-4,8,11-12H,5-6H2,1H3/t8-/m0/s1. The second kappa shape index (κ2) is 3.26.